The van der Waals surface area contributed by atoms with E-state index in [1.54, 1.807) is 0 Å². The van der Waals surface area contributed by atoms with Gasteiger partial charge in [0.05, 0.1) is 6.54 Å². The Kier molecular flexibility index (Phi) is 5.50. The van der Waals surface area contributed by atoms with E-state index in [4.69, 9.17) is 10.5 Å². The summed E-state index contributed by atoms with van der Waals surface area (Å²) >= 11 is 0. The number of carbonyl (C=O) groups excluding carboxylic acids is 1. The van der Waals surface area contributed by atoms with Crippen molar-refractivity contribution in [3.63, 3.8) is 0 Å². The Balaban J connectivity index is 1.92. The highest BCUT2D eigenvalue weighted by Gasteiger charge is 2.29. The smallest absolute Gasteiger partial charge is 0.401 e. The molecule has 0 saturated heterocycles. The lowest BCUT2D eigenvalue weighted by Gasteiger charge is -2.27. The van der Waals surface area contributed by atoms with Gasteiger partial charge in [0.25, 0.3) is 5.91 Å². The first-order valence-electron chi connectivity index (χ1n) is 8.37. The number of ether oxygens (including phenoxy) is 1. The van der Waals surface area contributed by atoms with Gasteiger partial charge in [-0.25, -0.2) is 13.8 Å². The molecule has 28 heavy (non-hydrogen) atoms. The summed E-state index contributed by atoms with van der Waals surface area (Å²) < 4.78 is 69.9. The van der Waals surface area contributed by atoms with E-state index in [-0.39, 0.29) is 29.2 Å². The van der Waals surface area contributed by atoms with Crippen LogP contribution in [0.5, 0.6) is 5.88 Å². The lowest BCUT2D eigenvalue weighted by molar-refractivity contribution is -0.125. The van der Waals surface area contributed by atoms with Crippen LogP contribution >= 0.6 is 0 Å². The van der Waals surface area contributed by atoms with Crippen molar-refractivity contribution in [2.45, 2.75) is 25.1 Å². The molecule has 1 aromatic heterocycles. The molecule has 1 atom stereocenters. The van der Waals surface area contributed by atoms with Gasteiger partial charge in [-0.2, -0.15) is 13.2 Å². The SMILES string of the molecule is NC(=O)c1cc(-c2ccc(F)cc2F)c2c(n1)O[C@H](CNCC(F)(F)F)CC2. The third kappa shape index (κ3) is 4.56. The van der Waals surface area contributed by atoms with E-state index < -0.39 is 36.4 Å². The number of benzene rings is 1. The molecule has 0 spiro atoms. The van der Waals surface area contributed by atoms with Crippen molar-refractivity contribution in [1.29, 1.82) is 0 Å². The summed E-state index contributed by atoms with van der Waals surface area (Å²) in [5.74, 6) is -2.48. The Hall–Kier alpha value is -2.75. The van der Waals surface area contributed by atoms with E-state index >= 15 is 0 Å². The second kappa shape index (κ2) is 7.70. The summed E-state index contributed by atoms with van der Waals surface area (Å²) in [6, 6.07) is 4.30. The molecule has 150 valence electrons. The number of hydrogen-bond donors (Lipinski definition) is 2. The number of fused-ring (bicyclic) bond motifs is 1. The largest absolute Gasteiger partial charge is 0.473 e. The van der Waals surface area contributed by atoms with E-state index in [0.717, 1.165) is 6.07 Å². The van der Waals surface area contributed by atoms with Crippen molar-refractivity contribution in [1.82, 2.24) is 10.3 Å². The van der Waals surface area contributed by atoms with Gasteiger partial charge in [0, 0.05) is 23.7 Å². The molecule has 3 N–H and O–H groups in total. The number of aromatic nitrogens is 1. The van der Waals surface area contributed by atoms with Gasteiger partial charge in [0.15, 0.2) is 0 Å². The van der Waals surface area contributed by atoms with Crippen LogP contribution in [0.1, 0.15) is 22.5 Å². The van der Waals surface area contributed by atoms with E-state index in [2.05, 4.69) is 10.3 Å². The Morgan fingerprint density at radius 1 is 1.25 bits per heavy atom. The number of carbonyl (C=O) groups is 1. The number of alkyl halides is 3. The Morgan fingerprint density at radius 3 is 2.64 bits per heavy atom. The molecule has 2 heterocycles. The predicted octanol–water partition coefficient (Wildman–Crippen LogP) is 2.97. The molecule has 0 unspecified atom stereocenters. The van der Waals surface area contributed by atoms with Crippen molar-refractivity contribution < 1.29 is 31.5 Å². The molecule has 1 amide bonds. The second-order valence-electron chi connectivity index (χ2n) is 6.35. The first-order valence-corrected chi connectivity index (χ1v) is 8.37. The summed E-state index contributed by atoms with van der Waals surface area (Å²) in [5.41, 5.74) is 5.87. The highest BCUT2D eigenvalue weighted by molar-refractivity contribution is 5.93. The van der Waals surface area contributed by atoms with Gasteiger partial charge in [-0.05, 0) is 36.6 Å². The van der Waals surface area contributed by atoms with Crippen molar-refractivity contribution in [3.05, 3.63) is 47.2 Å². The van der Waals surface area contributed by atoms with Crippen LogP contribution in [0.2, 0.25) is 0 Å². The third-order valence-corrected chi connectivity index (χ3v) is 4.25. The number of nitrogens with two attached hydrogens (primary N) is 1. The molecule has 3 rings (SSSR count). The maximum Gasteiger partial charge on any atom is 0.401 e. The molecule has 0 bridgehead atoms. The number of nitrogens with zero attached hydrogens (tertiary/aromatic N) is 1. The van der Waals surface area contributed by atoms with Crippen LogP contribution in [0.4, 0.5) is 22.0 Å². The molecular formula is C18H16F5N3O2. The molecular weight excluding hydrogens is 385 g/mol. The summed E-state index contributed by atoms with van der Waals surface area (Å²) in [6.07, 6.45) is -4.29. The van der Waals surface area contributed by atoms with E-state index in [1.807, 2.05) is 0 Å². The highest BCUT2D eigenvalue weighted by atomic mass is 19.4. The van der Waals surface area contributed by atoms with Gasteiger partial charge in [0.2, 0.25) is 5.88 Å². The van der Waals surface area contributed by atoms with Gasteiger partial charge >= 0.3 is 6.18 Å². The molecule has 0 saturated carbocycles. The minimum atomic E-state index is -4.35. The third-order valence-electron chi connectivity index (χ3n) is 4.25. The maximum atomic E-state index is 14.3. The van der Waals surface area contributed by atoms with E-state index in [1.165, 1.54) is 12.1 Å². The van der Waals surface area contributed by atoms with Crippen molar-refractivity contribution in [2.24, 2.45) is 5.73 Å². The van der Waals surface area contributed by atoms with Gasteiger partial charge in [-0.15, -0.1) is 0 Å². The number of hydrogen-bond acceptors (Lipinski definition) is 4. The minimum absolute atomic E-state index is 0.0000775. The second-order valence-corrected chi connectivity index (χ2v) is 6.35. The van der Waals surface area contributed by atoms with Crippen LogP contribution in [-0.2, 0) is 6.42 Å². The standard InChI is InChI=1S/C18H16F5N3O2/c19-9-1-3-11(14(20)5-9)13-6-15(16(24)27)26-17-12(13)4-2-10(28-17)7-25-8-18(21,22)23/h1,3,5-6,10,25H,2,4,7-8H2,(H2,24,27)/t10-/m0/s1. The van der Waals surface area contributed by atoms with Crippen molar-refractivity contribution in [3.8, 4) is 17.0 Å². The number of rotatable bonds is 5. The molecule has 0 aliphatic carbocycles. The maximum absolute atomic E-state index is 14.3. The zero-order valence-corrected chi connectivity index (χ0v) is 14.4. The number of primary amides is 1. The predicted molar refractivity (Wildman–Crippen MR) is 89.8 cm³/mol. The fraction of sp³-hybridized carbons (Fsp3) is 0.333. The molecule has 1 aromatic carbocycles. The number of nitrogens with one attached hydrogen (secondary N) is 1. The van der Waals surface area contributed by atoms with Gasteiger partial charge in [-0.1, -0.05) is 0 Å². The van der Waals surface area contributed by atoms with E-state index in [0.29, 0.717) is 24.5 Å². The normalized spacial score (nSPS) is 16.4. The van der Waals surface area contributed by atoms with Crippen LogP contribution < -0.4 is 15.8 Å². The monoisotopic (exact) mass is 401 g/mol. The fourth-order valence-electron chi connectivity index (χ4n) is 3.00. The fourth-order valence-corrected chi connectivity index (χ4v) is 3.00. The van der Waals surface area contributed by atoms with Gasteiger partial charge < -0.3 is 15.8 Å². The molecule has 10 heteroatoms. The molecule has 0 fully saturated rings. The first kappa shape index (κ1) is 20.0. The first-order chi connectivity index (χ1) is 13.1. The van der Waals surface area contributed by atoms with Crippen molar-refractivity contribution >= 4 is 5.91 Å². The quantitative estimate of drug-likeness (QED) is 0.756. The Labute approximate surface area is 156 Å². The molecule has 5 nitrogen and oxygen atoms in total. The topological polar surface area (TPSA) is 77.2 Å². The van der Waals surface area contributed by atoms with Crippen LogP contribution in [0.15, 0.2) is 24.3 Å². The lowest BCUT2D eigenvalue weighted by Crippen LogP contribution is -2.39. The highest BCUT2D eigenvalue weighted by Crippen LogP contribution is 2.36. The molecule has 1 aliphatic heterocycles. The van der Waals surface area contributed by atoms with E-state index in [9.17, 15) is 26.7 Å². The van der Waals surface area contributed by atoms with Crippen LogP contribution in [0, 0.1) is 11.6 Å². The van der Waals surface area contributed by atoms with Crippen molar-refractivity contribution in [2.75, 3.05) is 13.1 Å². The number of amides is 1. The van der Waals surface area contributed by atoms with Crippen LogP contribution in [-0.4, -0.2) is 36.3 Å². The average Bonchev–Trinajstić information content (AvgIpc) is 2.59. The lowest BCUT2D eigenvalue weighted by atomic mass is 9.94. The Morgan fingerprint density at radius 2 is 2.00 bits per heavy atom. The summed E-state index contributed by atoms with van der Waals surface area (Å²) in [6.45, 7) is -1.25. The summed E-state index contributed by atoms with van der Waals surface area (Å²) in [5, 5.41) is 2.25. The van der Waals surface area contributed by atoms with Gasteiger partial charge in [0.1, 0.15) is 23.4 Å². The summed E-state index contributed by atoms with van der Waals surface area (Å²) in [7, 11) is 0. The minimum Gasteiger partial charge on any atom is -0.473 e. The zero-order chi connectivity index (χ0) is 20.5. The molecule has 0 radical (unpaired) electrons. The molecule has 2 aromatic rings. The Bertz CT molecular complexity index is 902. The van der Waals surface area contributed by atoms with Gasteiger partial charge in [-0.3, -0.25) is 4.79 Å². The van der Waals surface area contributed by atoms with Crippen LogP contribution in [0.25, 0.3) is 11.1 Å². The van der Waals surface area contributed by atoms with Crippen LogP contribution in [0.3, 0.4) is 0 Å². The summed E-state index contributed by atoms with van der Waals surface area (Å²) in [4.78, 5) is 15.6. The zero-order valence-electron chi connectivity index (χ0n) is 14.4. The average molecular weight is 401 g/mol. The number of halogens is 5. The molecule has 1 aliphatic rings. The number of pyridine rings is 1.